The van der Waals surface area contributed by atoms with Crippen LogP contribution in [0.25, 0.3) is 11.3 Å². The number of thiazole rings is 1. The van der Waals surface area contributed by atoms with E-state index in [1.54, 1.807) is 73.8 Å². The first-order chi connectivity index (χ1) is 23.8. The molecule has 0 spiro atoms. The van der Waals surface area contributed by atoms with Gasteiger partial charge in [0, 0.05) is 16.6 Å². The molecule has 4 aromatic carbocycles. The van der Waals surface area contributed by atoms with E-state index < -0.39 is 36.1 Å². The minimum absolute atomic E-state index is 0.0804. The fourth-order valence-corrected chi connectivity index (χ4v) is 6.41. The Morgan fingerprint density at radius 2 is 1.57 bits per heavy atom. The monoisotopic (exact) mass is 676 g/mol. The number of carbonyl (C=O) groups is 4. The van der Waals surface area contributed by atoms with Gasteiger partial charge in [-0.15, -0.1) is 11.3 Å². The van der Waals surface area contributed by atoms with E-state index in [4.69, 9.17) is 19.2 Å². The van der Waals surface area contributed by atoms with Crippen molar-refractivity contribution >= 4 is 46.2 Å². The van der Waals surface area contributed by atoms with Crippen molar-refractivity contribution < 1.29 is 33.4 Å². The van der Waals surface area contributed by atoms with Gasteiger partial charge >= 0.3 is 0 Å². The van der Waals surface area contributed by atoms with Crippen molar-refractivity contribution in [1.82, 2.24) is 9.88 Å². The van der Waals surface area contributed by atoms with Crippen molar-refractivity contribution in [2.75, 3.05) is 38.1 Å². The molecule has 1 atom stereocenters. The van der Waals surface area contributed by atoms with E-state index in [1.165, 1.54) is 30.5 Å². The number of para-hydroxylation sites is 1. The quantitative estimate of drug-likeness (QED) is 0.165. The van der Waals surface area contributed by atoms with Crippen LogP contribution in [0.2, 0.25) is 0 Å². The lowest BCUT2D eigenvalue weighted by molar-refractivity contribution is -0.139. The normalized spacial score (nSPS) is 12.7. The summed E-state index contributed by atoms with van der Waals surface area (Å²) in [5.41, 5.74) is 3.05. The van der Waals surface area contributed by atoms with Gasteiger partial charge in [-0.2, -0.15) is 0 Å². The number of amides is 3. The molecule has 49 heavy (non-hydrogen) atoms. The Labute approximate surface area is 286 Å². The molecule has 0 saturated carbocycles. The highest BCUT2D eigenvalue weighted by atomic mass is 32.1. The largest absolute Gasteiger partial charge is 0.497 e. The van der Waals surface area contributed by atoms with E-state index in [0.717, 1.165) is 10.5 Å². The zero-order valence-electron chi connectivity index (χ0n) is 26.9. The van der Waals surface area contributed by atoms with E-state index in [0.29, 0.717) is 44.9 Å². The first-order valence-electron chi connectivity index (χ1n) is 15.2. The number of Topliss-reactive ketones (excluding diaryl/α,β-unsaturated/α-hetero) is 1. The van der Waals surface area contributed by atoms with Crippen LogP contribution in [0.1, 0.15) is 27.0 Å². The number of ketones is 1. The first-order valence-corrected chi connectivity index (χ1v) is 16.1. The summed E-state index contributed by atoms with van der Waals surface area (Å²) < 4.78 is 16.3. The Morgan fingerprint density at radius 1 is 0.857 bits per heavy atom. The van der Waals surface area contributed by atoms with E-state index in [-0.39, 0.29) is 12.1 Å². The molecule has 0 bridgehead atoms. The molecule has 11 nitrogen and oxygen atoms in total. The third-order valence-electron chi connectivity index (χ3n) is 8.06. The SMILES string of the molecule is COc1ccc(NC(=O)[C@@H](c2ccc(OC)c(OC)c2)N(Cc2nc(-c3ccccc3)cs2)C(=O)CN2C(=O)C(=O)c3ccccc32)cc1. The van der Waals surface area contributed by atoms with E-state index in [9.17, 15) is 19.2 Å². The minimum Gasteiger partial charge on any atom is -0.497 e. The van der Waals surface area contributed by atoms with Gasteiger partial charge in [0.15, 0.2) is 11.5 Å². The fraction of sp³-hybridized carbons (Fsp3) is 0.162. The molecule has 0 saturated heterocycles. The number of nitrogens with zero attached hydrogens (tertiary/aromatic N) is 3. The van der Waals surface area contributed by atoms with Crippen molar-refractivity contribution in [2.45, 2.75) is 12.6 Å². The number of anilines is 2. The average Bonchev–Trinajstić information content (AvgIpc) is 3.70. The Hall–Kier alpha value is -6.01. The van der Waals surface area contributed by atoms with Gasteiger partial charge in [-0.1, -0.05) is 48.5 Å². The molecule has 2 heterocycles. The molecule has 0 fully saturated rings. The van der Waals surface area contributed by atoms with Crippen molar-refractivity contribution in [3.63, 3.8) is 0 Å². The predicted octanol–water partition coefficient (Wildman–Crippen LogP) is 5.77. The predicted molar refractivity (Wildman–Crippen MR) is 185 cm³/mol. The highest BCUT2D eigenvalue weighted by Crippen LogP contribution is 2.35. The number of rotatable bonds is 12. The van der Waals surface area contributed by atoms with Crippen LogP contribution >= 0.6 is 11.3 Å². The number of benzene rings is 4. The van der Waals surface area contributed by atoms with Gasteiger partial charge in [0.05, 0.1) is 44.8 Å². The van der Waals surface area contributed by atoms with Crippen LogP contribution in [0.3, 0.4) is 0 Å². The van der Waals surface area contributed by atoms with Crippen LogP contribution < -0.4 is 24.4 Å². The second kappa shape index (κ2) is 14.4. The lowest BCUT2D eigenvalue weighted by Gasteiger charge is -2.32. The number of hydrogen-bond donors (Lipinski definition) is 1. The summed E-state index contributed by atoms with van der Waals surface area (Å²) in [6.07, 6.45) is 0. The standard InChI is InChI=1S/C37H32N4O7S/c1-46-26-16-14-25(15-17-26)38-36(44)34(24-13-18-30(47-2)31(19-24)48-3)41(20-32-39-28(22-49-32)23-9-5-4-6-10-23)33(42)21-40-29-12-8-7-11-27(29)35(43)37(40)45/h4-19,22,34H,20-21H2,1-3H3,(H,38,44)/t34-/m1/s1. The molecule has 3 amide bonds. The second-order valence-electron chi connectivity index (χ2n) is 11.0. The summed E-state index contributed by atoms with van der Waals surface area (Å²) in [5, 5.41) is 5.36. The molecule has 248 valence electrons. The molecule has 1 aliphatic rings. The zero-order valence-corrected chi connectivity index (χ0v) is 27.7. The Bertz CT molecular complexity index is 2010. The van der Waals surface area contributed by atoms with Crippen molar-refractivity contribution in [3.8, 4) is 28.5 Å². The second-order valence-corrected chi connectivity index (χ2v) is 11.9. The van der Waals surface area contributed by atoms with Crippen LogP contribution in [0.15, 0.2) is 102 Å². The molecule has 1 aliphatic heterocycles. The number of carbonyl (C=O) groups excluding carboxylic acids is 4. The molecular formula is C37H32N4O7S. The Balaban J connectivity index is 1.43. The number of aromatic nitrogens is 1. The van der Waals surface area contributed by atoms with Crippen molar-refractivity contribution in [3.05, 3.63) is 119 Å². The molecule has 0 aliphatic carbocycles. The first kappa shape index (κ1) is 32.9. The summed E-state index contributed by atoms with van der Waals surface area (Å²) in [6, 6.07) is 26.6. The molecule has 1 N–H and O–H groups in total. The highest BCUT2D eigenvalue weighted by molar-refractivity contribution is 7.09. The molecule has 1 aromatic heterocycles. The third kappa shape index (κ3) is 6.85. The van der Waals surface area contributed by atoms with Crippen molar-refractivity contribution in [2.24, 2.45) is 0 Å². The average molecular weight is 677 g/mol. The van der Waals surface area contributed by atoms with Crippen LogP contribution in [-0.4, -0.2) is 61.3 Å². The zero-order chi connectivity index (χ0) is 34.5. The van der Waals surface area contributed by atoms with Crippen molar-refractivity contribution in [1.29, 1.82) is 0 Å². The van der Waals surface area contributed by atoms with Gasteiger partial charge < -0.3 is 24.4 Å². The summed E-state index contributed by atoms with van der Waals surface area (Å²) in [4.78, 5) is 62.2. The maximum absolute atomic E-state index is 14.5. The topological polar surface area (TPSA) is 127 Å². The van der Waals surface area contributed by atoms with E-state index in [2.05, 4.69) is 5.32 Å². The minimum atomic E-state index is -1.23. The maximum atomic E-state index is 14.5. The molecule has 6 rings (SSSR count). The van der Waals surface area contributed by atoms with Gasteiger partial charge in [0.25, 0.3) is 17.6 Å². The van der Waals surface area contributed by atoms with E-state index >= 15 is 0 Å². The summed E-state index contributed by atoms with van der Waals surface area (Å²) in [7, 11) is 4.52. The van der Waals surface area contributed by atoms with Gasteiger partial charge in [-0.05, 0) is 54.1 Å². The van der Waals surface area contributed by atoms with Crippen LogP contribution in [-0.2, 0) is 20.9 Å². The van der Waals surface area contributed by atoms with Gasteiger partial charge in [-0.3, -0.25) is 24.1 Å². The third-order valence-corrected chi connectivity index (χ3v) is 8.89. The summed E-state index contributed by atoms with van der Waals surface area (Å²) in [6.45, 7) is -0.568. The maximum Gasteiger partial charge on any atom is 0.299 e. The number of ether oxygens (including phenoxy) is 3. The van der Waals surface area contributed by atoms with Crippen LogP contribution in [0.5, 0.6) is 17.2 Å². The fourth-order valence-electron chi connectivity index (χ4n) is 5.61. The van der Waals surface area contributed by atoms with Crippen LogP contribution in [0.4, 0.5) is 11.4 Å². The number of fused-ring (bicyclic) bond motifs is 1. The molecule has 0 unspecified atom stereocenters. The van der Waals surface area contributed by atoms with Crippen LogP contribution in [0, 0.1) is 0 Å². The van der Waals surface area contributed by atoms with Gasteiger partial charge in [-0.25, -0.2) is 4.98 Å². The molecule has 12 heteroatoms. The Morgan fingerprint density at radius 3 is 2.29 bits per heavy atom. The highest BCUT2D eigenvalue weighted by Gasteiger charge is 2.40. The van der Waals surface area contributed by atoms with Gasteiger partial charge in [0.1, 0.15) is 23.3 Å². The lowest BCUT2D eigenvalue weighted by Crippen LogP contribution is -2.46. The summed E-state index contributed by atoms with van der Waals surface area (Å²) in [5.74, 6) is -1.24. The molecular weight excluding hydrogens is 644 g/mol. The number of methoxy groups -OCH3 is 3. The lowest BCUT2D eigenvalue weighted by atomic mass is 10.0. The number of nitrogens with one attached hydrogen (secondary N) is 1. The van der Waals surface area contributed by atoms with Gasteiger partial charge in [0.2, 0.25) is 5.91 Å². The number of hydrogen-bond acceptors (Lipinski definition) is 9. The van der Waals surface area contributed by atoms with E-state index in [1.807, 2.05) is 35.7 Å². The smallest absolute Gasteiger partial charge is 0.299 e. The molecule has 5 aromatic rings. The molecule has 0 radical (unpaired) electrons. The summed E-state index contributed by atoms with van der Waals surface area (Å²) >= 11 is 1.34. The Kier molecular flexibility index (Phi) is 9.67.